The van der Waals surface area contributed by atoms with Gasteiger partial charge in [-0.2, -0.15) is 0 Å². The molecule has 1 aliphatic rings. The fraction of sp³-hybridized carbons (Fsp3) is 0.250. The van der Waals surface area contributed by atoms with E-state index in [-0.39, 0.29) is 0 Å². The third-order valence-corrected chi connectivity index (χ3v) is 3.82. The molecular weight excluding hydrogens is 204 g/mol. The lowest BCUT2D eigenvalue weighted by atomic mass is 10.1. The van der Waals surface area contributed by atoms with Crippen LogP contribution in [-0.4, -0.2) is 24.4 Å². The summed E-state index contributed by atoms with van der Waals surface area (Å²) in [6.45, 7) is 1.36. The molecule has 0 aliphatic carbocycles. The largest absolute Gasteiger partial charge is 0.293 e. The number of sulfonamides is 1. The standard InChI is InChI=1S/C8H8N2O3S/c1-5-8(11)6-4-9-3-2-7(6)10-14(5,12)13/h2-5,10H,1H3. The zero-order chi connectivity index (χ0) is 10.3. The lowest BCUT2D eigenvalue weighted by Gasteiger charge is -2.21. The van der Waals surface area contributed by atoms with Gasteiger partial charge in [0.1, 0.15) is 5.25 Å². The van der Waals surface area contributed by atoms with Gasteiger partial charge in [-0.05, 0) is 13.0 Å². The van der Waals surface area contributed by atoms with E-state index in [0.29, 0.717) is 11.3 Å². The van der Waals surface area contributed by atoms with Crippen LogP contribution in [0.5, 0.6) is 0 Å². The van der Waals surface area contributed by atoms with Crippen LogP contribution in [0.3, 0.4) is 0 Å². The summed E-state index contributed by atoms with van der Waals surface area (Å²) < 4.78 is 25.1. The number of ketones is 1. The van der Waals surface area contributed by atoms with Crippen LogP contribution < -0.4 is 4.72 Å². The number of carbonyl (C=O) groups excluding carboxylic acids is 1. The first kappa shape index (κ1) is 9.14. The minimum absolute atomic E-state index is 0.308. The van der Waals surface area contributed by atoms with E-state index in [2.05, 4.69) is 9.71 Å². The van der Waals surface area contributed by atoms with Crippen LogP contribution >= 0.6 is 0 Å². The van der Waals surface area contributed by atoms with E-state index in [1.54, 1.807) is 0 Å². The summed E-state index contributed by atoms with van der Waals surface area (Å²) in [5.74, 6) is -0.410. The van der Waals surface area contributed by atoms with Crippen molar-refractivity contribution in [2.75, 3.05) is 4.72 Å². The van der Waals surface area contributed by atoms with E-state index < -0.39 is 21.1 Å². The number of Topliss-reactive ketones (excluding diaryl/α,β-unsaturated/α-hetero) is 1. The minimum Gasteiger partial charge on any atom is -0.293 e. The molecule has 2 heterocycles. The maximum absolute atomic E-state index is 11.6. The van der Waals surface area contributed by atoms with Crippen LogP contribution in [0, 0.1) is 0 Å². The summed E-state index contributed by atoms with van der Waals surface area (Å²) in [7, 11) is -3.55. The number of nitrogens with zero attached hydrogens (tertiary/aromatic N) is 1. The average molecular weight is 212 g/mol. The van der Waals surface area contributed by atoms with Crippen molar-refractivity contribution in [3.8, 4) is 0 Å². The number of rotatable bonds is 0. The highest BCUT2D eigenvalue weighted by atomic mass is 32.2. The van der Waals surface area contributed by atoms with E-state index in [1.807, 2.05) is 0 Å². The van der Waals surface area contributed by atoms with Gasteiger partial charge in [0.2, 0.25) is 10.0 Å². The number of pyridine rings is 1. The molecule has 6 heteroatoms. The summed E-state index contributed by atoms with van der Waals surface area (Å²) in [5.41, 5.74) is 0.637. The Morgan fingerprint density at radius 1 is 1.50 bits per heavy atom. The maximum atomic E-state index is 11.6. The summed E-state index contributed by atoms with van der Waals surface area (Å²) >= 11 is 0. The Bertz CT molecular complexity index is 495. The molecule has 1 N–H and O–H groups in total. The highest BCUT2D eigenvalue weighted by Gasteiger charge is 2.35. The van der Waals surface area contributed by atoms with Crippen molar-refractivity contribution < 1.29 is 13.2 Å². The van der Waals surface area contributed by atoms with Crippen LogP contribution in [0.15, 0.2) is 18.5 Å². The normalized spacial score (nSPS) is 23.8. The molecule has 0 bridgehead atoms. The molecule has 0 amide bonds. The van der Waals surface area contributed by atoms with Crippen LogP contribution in [0.2, 0.25) is 0 Å². The first-order chi connectivity index (χ1) is 6.52. The number of carbonyl (C=O) groups is 1. The number of hydrogen-bond acceptors (Lipinski definition) is 4. The van der Waals surface area contributed by atoms with Gasteiger partial charge in [0.05, 0.1) is 11.3 Å². The van der Waals surface area contributed by atoms with Crippen molar-refractivity contribution in [3.05, 3.63) is 24.0 Å². The van der Waals surface area contributed by atoms with Gasteiger partial charge in [0.25, 0.3) is 0 Å². The Labute approximate surface area is 81.2 Å². The maximum Gasteiger partial charge on any atom is 0.242 e. The predicted molar refractivity (Wildman–Crippen MR) is 50.6 cm³/mol. The van der Waals surface area contributed by atoms with Crippen LogP contribution in [0.25, 0.3) is 0 Å². The molecule has 14 heavy (non-hydrogen) atoms. The Morgan fingerprint density at radius 3 is 2.93 bits per heavy atom. The molecule has 1 atom stereocenters. The van der Waals surface area contributed by atoms with Crippen molar-refractivity contribution in [3.63, 3.8) is 0 Å². The minimum atomic E-state index is -3.55. The van der Waals surface area contributed by atoms with Gasteiger partial charge in [-0.3, -0.25) is 14.5 Å². The molecule has 0 fully saturated rings. The zero-order valence-corrected chi connectivity index (χ0v) is 8.21. The zero-order valence-electron chi connectivity index (χ0n) is 7.39. The Hall–Kier alpha value is -1.43. The monoisotopic (exact) mass is 212 g/mol. The van der Waals surface area contributed by atoms with Gasteiger partial charge in [0, 0.05) is 12.4 Å². The van der Waals surface area contributed by atoms with Gasteiger partial charge in [-0.15, -0.1) is 0 Å². The number of fused-ring (bicyclic) bond motifs is 1. The van der Waals surface area contributed by atoms with Gasteiger partial charge >= 0.3 is 0 Å². The van der Waals surface area contributed by atoms with Crippen molar-refractivity contribution in [2.24, 2.45) is 0 Å². The third-order valence-electron chi connectivity index (χ3n) is 2.17. The average Bonchev–Trinajstić information content (AvgIpc) is 2.14. The lowest BCUT2D eigenvalue weighted by molar-refractivity contribution is 0.0990. The molecule has 0 spiro atoms. The van der Waals surface area contributed by atoms with Crippen molar-refractivity contribution in [2.45, 2.75) is 12.2 Å². The van der Waals surface area contributed by atoms with Crippen LogP contribution in [-0.2, 0) is 10.0 Å². The molecule has 1 unspecified atom stereocenters. The van der Waals surface area contributed by atoms with Gasteiger partial charge in [0.15, 0.2) is 5.78 Å². The second-order valence-corrected chi connectivity index (χ2v) is 5.08. The molecule has 0 aromatic carbocycles. The Kier molecular flexibility index (Phi) is 1.81. The second kappa shape index (κ2) is 2.78. The van der Waals surface area contributed by atoms with E-state index >= 15 is 0 Å². The van der Waals surface area contributed by atoms with E-state index in [4.69, 9.17) is 0 Å². The highest BCUT2D eigenvalue weighted by molar-refractivity contribution is 7.94. The topological polar surface area (TPSA) is 76.1 Å². The molecular formula is C8H8N2O3S. The Morgan fingerprint density at radius 2 is 2.21 bits per heavy atom. The highest BCUT2D eigenvalue weighted by Crippen LogP contribution is 2.25. The number of aromatic nitrogens is 1. The van der Waals surface area contributed by atoms with Crippen LogP contribution in [0.4, 0.5) is 5.69 Å². The Balaban J connectivity index is 2.65. The molecule has 0 radical (unpaired) electrons. The molecule has 0 saturated heterocycles. The van der Waals surface area contributed by atoms with Crippen molar-refractivity contribution >= 4 is 21.5 Å². The third kappa shape index (κ3) is 1.19. The summed E-state index contributed by atoms with van der Waals surface area (Å²) in [5, 5.41) is -1.04. The predicted octanol–water partition coefficient (Wildman–Crippen LogP) is 0.408. The summed E-state index contributed by atoms with van der Waals surface area (Å²) in [6, 6.07) is 1.47. The molecule has 5 nitrogen and oxygen atoms in total. The SMILES string of the molecule is CC1C(=O)c2cnccc2NS1(=O)=O. The molecule has 0 saturated carbocycles. The first-order valence-electron chi connectivity index (χ1n) is 4.02. The summed E-state index contributed by atoms with van der Waals surface area (Å²) in [4.78, 5) is 15.3. The van der Waals surface area contributed by atoms with E-state index in [9.17, 15) is 13.2 Å². The smallest absolute Gasteiger partial charge is 0.242 e. The fourth-order valence-corrected chi connectivity index (χ4v) is 2.35. The van der Waals surface area contributed by atoms with E-state index in [0.717, 1.165) is 0 Å². The first-order valence-corrected chi connectivity index (χ1v) is 5.57. The quantitative estimate of drug-likeness (QED) is 0.675. The number of nitrogens with one attached hydrogen (secondary N) is 1. The molecule has 74 valence electrons. The molecule has 1 aromatic heterocycles. The van der Waals surface area contributed by atoms with E-state index in [1.165, 1.54) is 25.4 Å². The van der Waals surface area contributed by atoms with Gasteiger partial charge in [-0.1, -0.05) is 0 Å². The van der Waals surface area contributed by atoms with Gasteiger partial charge < -0.3 is 0 Å². The van der Waals surface area contributed by atoms with Crippen molar-refractivity contribution in [1.29, 1.82) is 0 Å². The number of anilines is 1. The lowest BCUT2D eigenvalue weighted by Crippen LogP contribution is -2.37. The second-order valence-electron chi connectivity index (χ2n) is 3.07. The van der Waals surface area contributed by atoms with Crippen molar-refractivity contribution in [1.82, 2.24) is 4.98 Å². The summed E-state index contributed by atoms with van der Waals surface area (Å²) in [6.07, 6.45) is 2.81. The molecule has 2 rings (SSSR count). The number of hydrogen-bond donors (Lipinski definition) is 1. The molecule has 1 aliphatic heterocycles. The molecule has 1 aromatic rings. The van der Waals surface area contributed by atoms with Gasteiger partial charge in [-0.25, -0.2) is 8.42 Å². The fourth-order valence-electron chi connectivity index (χ4n) is 1.28. The van der Waals surface area contributed by atoms with Crippen LogP contribution in [0.1, 0.15) is 17.3 Å².